The predicted molar refractivity (Wildman–Crippen MR) is 123 cm³/mol. The maximum Gasteiger partial charge on any atom is 0.258 e. The van der Waals surface area contributed by atoms with Crippen LogP contribution in [0.15, 0.2) is 53.3 Å². The first-order valence-electron chi connectivity index (χ1n) is 11.1. The van der Waals surface area contributed by atoms with Gasteiger partial charge < -0.3 is 10.3 Å². The van der Waals surface area contributed by atoms with Gasteiger partial charge >= 0.3 is 0 Å². The number of para-hydroxylation sites is 1. The molecule has 4 rings (SSSR count). The molecule has 1 aromatic heterocycles. The van der Waals surface area contributed by atoms with E-state index in [2.05, 4.69) is 45.3 Å². The molecular weight excluding hydrogens is 388 g/mol. The molecule has 31 heavy (non-hydrogen) atoms. The summed E-state index contributed by atoms with van der Waals surface area (Å²) in [6.07, 6.45) is 3.25. The average molecular weight is 419 g/mol. The van der Waals surface area contributed by atoms with E-state index < -0.39 is 0 Å². The van der Waals surface area contributed by atoms with Crippen LogP contribution in [0.4, 0.5) is 0 Å². The van der Waals surface area contributed by atoms with Crippen LogP contribution in [0.3, 0.4) is 0 Å². The Labute approximate surface area is 182 Å². The van der Waals surface area contributed by atoms with Crippen LogP contribution in [0.25, 0.3) is 10.9 Å². The van der Waals surface area contributed by atoms with Crippen molar-refractivity contribution in [2.24, 2.45) is 5.92 Å². The third-order valence-electron chi connectivity index (χ3n) is 5.98. The van der Waals surface area contributed by atoms with Gasteiger partial charge in [-0.05, 0) is 48.6 Å². The van der Waals surface area contributed by atoms with Crippen molar-refractivity contribution in [3.8, 4) is 0 Å². The van der Waals surface area contributed by atoms with Gasteiger partial charge in [0.25, 0.3) is 5.56 Å². The van der Waals surface area contributed by atoms with Crippen LogP contribution in [0.2, 0.25) is 0 Å². The van der Waals surface area contributed by atoms with Gasteiger partial charge in [0.15, 0.2) is 0 Å². The van der Waals surface area contributed by atoms with Crippen LogP contribution in [0.1, 0.15) is 43.1 Å². The monoisotopic (exact) mass is 418 g/mol. The molecule has 6 heteroatoms. The number of aromatic nitrogens is 2. The van der Waals surface area contributed by atoms with Crippen LogP contribution < -0.4 is 10.9 Å². The fourth-order valence-corrected chi connectivity index (χ4v) is 4.32. The number of fused-ring (bicyclic) bond motifs is 1. The molecular formula is C25H30N4O2. The van der Waals surface area contributed by atoms with Crippen LogP contribution in [-0.4, -0.2) is 33.9 Å². The number of amides is 1. The standard InChI is InChI=1S/C25H30N4O2/c1-18-7-6-14-29(16-18)17-20-9-3-2-8-19(20)15-26-24(30)13-12-23-27-22-11-5-4-10-21(22)25(31)28-23/h2-5,8-11,18H,6-7,12-17H2,1H3,(H,26,30)(H,27,28,31). The molecule has 2 heterocycles. The van der Waals surface area contributed by atoms with Gasteiger partial charge in [-0.2, -0.15) is 0 Å². The first-order chi connectivity index (χ1) is 15.1. The SMILES string of the molecule is CC1CCCN(Cc2ccccc2CNC(=O)CCc2nc3ccccc3c(=O)[nH]2)C1. The Balaban J connectivity index is 1.32. The van der Waals surface area contributed by atoms with E-state index in [1.54, 1.807) is 6.07 Å². The minimum Gasteiger partial charge on any atom is -0.352 e. The maximum atomic E-state index is 12.4. The van der Waals surface area contributed by atoms with E-state index in [0.29, 0.717) is 29.7 Å². The van der Waals surface area contributed by atoms with Gasteiger partial charge in [-0.25, -0.2) is 4.98 Å². The zero-order chi connectivity index (χ0) is 21.6. The fourth-order valence-electron chi connectivity index (χ4n) is 4.32. The lowest BCUT2D eigenvalue weighted by Gasteiger charge is -2.31. The van der Waals surface area contributed by atoms with Crippen molar-refractivity contribution in [2.45, 2.75) is 45.7 Å². The molecule has 1 saturated heterocycles. The number of rotatable bonds is 7. The molecule has 2 N–H and O–H groups in total. The highest BCUT2D eigenvalue weighted by molar-refractivity contribution is 5.78. The van der Waals surface area contributed by atoms with E-state index in [0.717, 1.165) is 31.1 Å². The first kappa shape index (κ1) is 21.2. The number of piperidine rings is 1. The molecule has 6 nitrogen and oxygen atoms in total. The van der Waals surface area contributed by atoms with E-state index in [-0.39, 0.29) is 17.9 Å². The molecule has 0 radical (unpaired) electrons. The number of nitrogens with zero attached hydrogens (tertiary/aromatic N) is 2. The number of likely N-dealkylation sites (tertiary alicyclic amines) is 1. The highest BCUT2D eigenvalue weighted by Gasteiger charge is 2.17. The Morgan fingerprint density at radius 3 is 2.77 bits per heavy atom. The molecule has 1 aliphatic heterocycles. The third kappa shape index (κ3) is 5.58. The molecule has 2 aromatic carbocycles. The summed E-state index contributed by atoms with van der Waals surface area (Å²) in [5.41, 5.74) is 2.92. The van der Waals surface area contributed by atoms with Crippen LogP contribution >= 0.6 is 0 Å². The molecule has 0 saturated carbocycles. The molecule has 1 unspecified atom stereocenters. The van der Waals surface area contributed by atoms with E-state index in [1.807, 2.05) is 24.3 Å². The lowest BCUT2D eigenvalue weighted by Crippen LogP contribution is -2.34. The Hall–Kier alpha value is -2.99. The summed E-state index contributed by atoms with van der Waals surface area (Å²) in [7, 11) is 0. The van der Waals surface area contributed by atoms with Crippen molar-refractivity contribution in [3.05, 3.63) is 75.8 Å². The molecule has 3 aromatic rings. The predicted octanol–water partition coefficient (Wildman–Crippen LogP) is 3.40. The normalized spacial score (nSPS) is 17.0. The van der Waals surface area contributed by atoms with Gasteiger partial charge in [0, 0.05) is 32.5 Å². The summed E-state index contributed by atoms with van der Waals surface area (Å²) in [4.78, 5) is 34.4. The van der Waals surface area contributed by atoms with E-state index in [1.165, 1.54) is 18.4 Å². The number of aryl methyl sites for hydroxylation is 1. The van der Waals surface area contributed by atoms with E-state index in [9.17, 15) is 9.59 Å². The Bertz CT molecular complexity index is 1110. The van der Waals surface area contributed by atoms with Gasteiger partial charge in [0.05, 0.1) is 10.9 Å². The van der Waals surface area contributed by atoms with Gasteiger partial charge in [-0.3, -0.25) is 14.5 Å². The second-order valence-corrected chi connectivity index (χ2v) is 8.56. The van der Waals surface area contributed by atoms with Crippen molar-refractivity contribution >= 4 is 16.8 Å². The van der Waals surface area contributed by atoms with Crippen molar-refractivity contribution in [1.29, 1.82) is 0 Å². The lowest BCUT2D eigenvalue weighted by molar-refractivity contribution is -0.121. The van der Waals surface area contributed by atoms with Crippen molar-refractivity contribution in [3.63, 3.8) is 0 Å². The molecule has 1 fully saturated rings. The number of hydrogen-bond acceptors (Lipinski definition) is 4. The minimum atomic E-state index is -0.165. The minimum absolute atomic E-state index is 0.0443. The van der Waals surface area contributed by atoms with E-state index >= 15 is 0 Å². The van der Waals surface area contributed by atoms with Crippen LogP contribution in [-0.2, 0) is 24.3 Å². The number of nitrogens with one attached hydrogen (secondary N) is 2. The van der Waals surface area contributed by atoms with Gasteiger partial charge in [-0.1, -0.05) is 43.3 Å². The average Bonchev–Trinajstić information content (AvgIpc) is 2.77. The fraction of sp³-hybridized carbons (Fsp3) is 0.400. The summed E-state index contributed by atoms with van der Waals surface area (Å²) >= 11 is 0. The number of aromatic amines is 1. The lowest BCUT2D eigenvalue weighted by atomic mass is 9.99. The highest BCUT2D eigenvalue weighted by Crippen LogP contribution is 2.19. The maximum absolute atomic E-state index is 12.4. The number of carbonyl (C=O) groups is 1. The van der Waals surface area contributed by atoms with Crippen LogP contribution in [0.5, 0.6) is 0 Å². The first-order valence-corrected chi connectivity index (χ1v) is 11.1. The van der Waals surface area contributed by atoms with Crippen LogP contribution in [0, 0.1) is 5.92 Å². The summed E-state index contributed by atoms with van der Waals surface area (Å²) < 4.78 is 0. The van der Waals surface area contributed by atoms with Crippen molar-refractivity contribution in [1.82, 2.24) is 20.2 Å². The summed E-state index contributed by atoms with van der Waals surface area (Å²) in [5, 5.41) is 3.60. The zero-order valence-electron chi connectivity index (χ0n) is 18.1. The molecule has 0 spiro atoms. The quantitative estimate of drug-likeness (QED) is 0.616. The van der Waals surface area contributed by atoms with Crippen molar-refractivity contribution < 1.29 is 4.79 Å². The number of benzene rings is 2. The Morgan fingerprint density at radius 2 is 1.94 bits per heavy atom. The Kier molecular flexibility index (Phi) is 6.77. The van der Waals surface area contributed by atoms with Gasteiger partial charge in [-0.15, -0.1) is 0 Å². The molecule has 0 aliphatic carbocycles. The molecule has 1 atom stereocenters. The summed E-state index contributed by atoms with van der Waals surface area (Å²) in [6.45, 7) is 6.04. The van der Waals surface area contributed by atoms with Gasteiger partial charge in [0.2, 0.25) is 5.91 Å². The summed E-state index contributed by atoms with van der Waals surface area (Å²) in [5.74, 6) is 1.24. The van der Waals surface area contributed by atoms with E-state index in [4.69, 9.17) is 0 Å². The number of carbonyl (C=O) groups excluding carboxylic acids is 1. The highest BCUT2D eigenvalue weighted by atomic mass is 16.1. The van der Waals surface area contributed by atoms with Gasteiger partial charge in [0.1, 0.15) is 5.82 Å². The molecule has 1 aliphatic rings. The summed E-state index contributed by atoms with van der Waals surface area (Å²) in [6, 6.07) is 15.6. The largest absolute Gasteiger partial charge is 0.352 e. The Morgan fingerprint density at radius 1 is 1.16 bits per heavy atom. The second kappa shape index (κ2) is 9.88. The number of hydrogen-bond donors (Lipinski definition) is 2. The molecule has 162 valence electrons. The third-order valence-corrected chi connectivity index (χ3v) is 5.98. The zero-order valence-corrected chi connectivity index (χ0v) is 18.1. The number of H-pyrrole nitrogens is 1. The molecule has 0 bridgehead atoms. The topological polar surface area (TPSA) is 78.1 Å². The smallest absolute Gasteiger partial charge is 0.258 e. The molecule has 1 amide bonds. The van der Waals surface area contributed by atoms with Crippen molar-refractivity contribution in [2.75, 3.05) is 13.1 Å². The second-order valence-electron chi connectivity index (χ2n) is 8.56.